The maximum atomic E-state index is 6.27. The molecule has 0 N–H and O–H groups in total. The van der Waals surface area contributed by atoms with Gasteiger partial charge in [-0.25, -0.2) is 0 Å². The second-order valence-electron chi connectivity index (χ2n) is 34.5. The van der Waals surface area contributed by atoms with Crippen molar-refractivity contribution < 1.29 is 8.83 Å². The van der Waals surface area contributed by atoms with Crippen LogP contribution in [0.5, 0.6) is 0 Å². The average Bonchev–Trinajstić information content (AvgIpc) is 1.51. The fourth-order valence-electron chi connectivity index (χ4n) is 21.8. The number of benzene rings is 20. The summed E-state index contributed by atoms with van der Waals surface area (Å²) in [6, 6.07) is 150. The molecule has 32 aromatic rings. The van der Waals surface area contributed by atoms with Crippen LogP contribution in [0.15, 0.2) is 421 Å². The lowest BCUT2D eigenvalue weighted by molar-refractivity contribution is 0.669. The van der Waals surface area contributed by atoms with Crippen LogP contribution < -0.4 is 0 Å². The highest BCUT2D eigenvalue weighted by molar-refractivity contribution is 7.26. The van der Waals surface area contributed by atoms with Crippen LogP contribution in [0.2, 0.25) is 0 Å². The zero-order valence-corrected chi connectivity index (χ0v) is 70.3. The van der Waals surface area contributed by atoms with E-state index in [1.165, 1.54) is 241 Å². The van der Waals surface area contributed by atoms with Gasteiger partial charge < -0.3 is 26.4 Å². The molecule has 32 rings (SSSR count). The molecule has 12 heterocycles. The van der Waals surface area contributed by atoms with Gasteiger partial charge in [-0.15, -0.1) is 22.7 Å². The van der Waals surface area contributed by atoms with Gasteiger partial charge in [0.2, 0.25) is 0 Å². The number of furan rings is 2. The molecule has 0 saturated heterocycles. The van der Waals surface area contributed by atoms with E-state index in [1.54, 1.807) is 0 Å². The number of hydrogen-bond acceptors (Lipinski definition) is 4. The first-order valence-corrected chi connectivity index (χ1v) is 45.4. The van der Waals surface area contributed by atoms with Crippen molar-refractivity contribution in [2.45, 2.75) is 0 Å². The van der Waals surface area contributed by atoms with E-state index in [9.17, 15) is 0 Å². The molecule has 6 nitrogen and oxygen atoms in total. The molecular formula is C120H68N4O2S2. The maximum absolute atomic E-state index is 6.27. The van der Waals surface area contributed by atoms with Gasteiger partial charge in [0, 0.05) is 133 Å². The third kappa shape index (κ3) is 10.2. The minimum Gasteiger partial charge on any atom is -0.456 e. The fraction of sp³-hybridized carbons (Fsp3) is 0. The molecule has 0 unspecified atom stereocenters. The molecule has 0 aliphatic heterocycles. The molecule has 0 fully saturated rings. The van der Waals surface area contributed by atoms with E-state index in [1.807, 2.05) is 46.9 Å². The van der Waals surface area contributed by atoms with E-state index in [2.05, 4.69) is 406 Å². The van der Waals surface area contributed by atoms with Gasteiger partial charge in [-0.2, -0.15) is 0 Å². The van der Waals surface area contributed by atoms with Gasteiger partial charge >= 0.3 is 0 Å². The molecule has 592 valence electrons. The highest BCUT2D eigenvalue weighted by atomic mass is 32.1. The molecule has 0 radical (unpaired) electrons. The number of pyridine rings is 4. The summed E-state index contributed by atoms with van der Waals surface area (Å²) in [5.41, 5.74) is 18.7. The summed E-state index contributed by atoms with van der Waals surface area (Å²) in [6.07, 6.45) is 0. The summed E-state index contributed by atoms with van der Waals surface area (Å²) >= 11 is 3.78. The molecule has 20 aromatic carbocycles. The van der Waals surface area contributed by atoms with Crippen molar-refractivity contribution in [1.29, 1.82) is 0 Å². The molecule has 12 aromatic heterocycles. The van der Waals surface area contributed by atoms with Crippen molar-refractivity contribution >= 4 is 302 Å². The summed E-state index contributed by atoms with van der Waals surface area (Å²) in [6.45, 7) is 0. The van der Waals surface area contributed by atoms with Gasteiger partial charge in [0.15, 0.2) is 0 Å². The Morgan fingerprint density at radius 1 is 0.125 bits per heavy atom. The molecule has 0 saturated carbocycles. The van der Waals surface area contributed by atoms with Crippen molar-refractivity contribution in [2.24, 2.45) is 0 Å². The number of aromatic nitrogens is 4. The molecule has 0 spiro atoms. The normalized spacial score (nSPS) is 12.4. The summed E-state index contributed by atoms with van der Waals surface area (Å²) in [4.78, 5) is 0. The monoisotopic (exact) mass is 1660 g/mol. The van der Waals surface area contributed by atoms with Gasteiger partial charge in [0.1, 0.15) is 22.3 Å². The summed E-state index contributed by atoms with van der Waals surface area (Å²) in [5, 5.41) is 40.8. The Labute approximate surface area is 735 Å². The van der Waals surface area contributed by atoms with E-state index in [-0.39, 0.29) is 0 Å². The number of hydrogen-bond donors (Lipinski definition) is 0. The van der Waals surface area contributed by atoms with Crippen molar-refractivity contribution in [3.63, 3.8) is 0 Å². The largest absolute Gasteiger partial charge is 0.456 e. The average molecular weight is 1660 g/mol. The standard InChI is InChI=1S/2C30H17NO.2C30H17NS/c1-2-8-19-14-23-22(13-18(19)7-1)24-17-30-25(21-10-4-6-12-29(21)32-30)16-28(24)31-26-11-5-3-9-20(26)15-27(23)31;1-2-8-19-14-23-22(13-18(19)7-1)24-16-25-21-10-4-6-12-29(21)32-30(25)17-28(24)31-26-11-5-3-9-20(26)15-27(23)31;1-2-8-19-14-23-22(13-18(19)7-1)24-17-30-25(21-10-4-6-12-29(21)32-30)16-28(24)31-26-11-5-3-9-20(26)15-27(23)31;1-2-8-19-14-23-22(13-18(19)7-1)24-16-25-21-10-4-6-12-29(21)32-30(25)17-28(24)31-26-11-5-3-9-20(26)15-27(23)31/h4*1-17H. The number of thiophene rings is 2. The third-order valence-electron chi connectivity index (χ3n) is 27.6. The van der Waals surface area contributed by atoms with E-state index in [0.29, 0.717) is 0 Å². The second kappa shape index (κ2) is 26.6. The van der Waals surface area contributed by atoms with Crippen LogP contribution in [0.1, 0.15) is 0 Å². The Kier molecular flexibility index (Phi) is 14.6. The Morgan fingerprint density at radius 3 is 0.758 bits per heavy atom. The molecular weight excluding hydrogens is 1590 g/mol. The first-order chi connectivity index (χ1) is 63.4. The summed E-state index contributed by atoms with van der Waals surface area (Å²) in [5.74, 6) is 0. The van der Waals surface area contributed by atoms with Gasteiger partial charge in [-0.3, -0.25) is 0 Å². The predicted octanol–water partition coefficient (Wildman–Crippen LogP) is 34.7. The van der Waals surface area contributed by atoms with Crippen LogP contribution in [-0.2, 0) is 0 Å². The molecule has 128 heavy (non-hydrogen) atoms. The fourth-order valence-corrected chi connectivity index (χ4v) is 24.0. The van der Waals surface area contributed by atoms with Crippen LogP contribution in [0.25, 0.3) is 280 Å². The molecule has 0 aliphatic carbocycles. The highest BCUT2D eigenvalue weighted by Gasteiger charge is 2.23. The highest BCUT2D eigenvalue weighted by Crippen LogP contribution is 2.48. The number of para-hydroxylation sites is 6. The van der Waals surface area contributed by atoms with E-state index in [4.69, 9.17) is 8.83 Å². The van der Waals surface area contributed by atoms with E-state index in [0.717, 1.165) is 38.5 Å². The van der Waals surface area contributed by atoms with Crippen molar-refractivity contribution in [3.05, 3.63) is 413 Å². The Balaban J connectivity index is 0.0000000845. The van der Waals surface area contributed by atoms with Gasteiger partial charge in [0.05, 0.1) is 66.2 Å². The summed E-state index contributed by atoms with van der Waals surface area (Å²) in [7, 11) is 0. The zero-order chi connectivity index (χ0) is 83.2. The number of nitrogens with zero attached hydrogens (tertiary/aromatic N) is 4. The quantitative estimate of drug-likeness (QED) is 0.112. The van der Waals surface area contributed by atoms with Crippen LogP contribution in [0.4, 0.5) is 0 Å². The van der Waals surface area contributed by atoms with E-state index >= 15 is 0 Å². The molecule has 0 bridgehead atoms. The minimum absolute atomic E-state index is 0.929. The first kappa shape index (κ1) is 70.1. The van der Waals surface area contributed by atoms with Crippen LogP contribution >= 0.6 is 22.7 Å². The van der Waals surface area contributed by atoms with Crippen molar-refractivity contribution in [1.82, 2.24) is 17.6 Å². The summed E-state index contributed by atoms with van der Waals surface area (Å²) < 4.78 is 27.7. The van der Waals surface area contributed by atoms with Gasteiger partial charge in [-0.05, 0) is 228 Å². The first-order valence-electron chi connectivity index (χ1n) is 43.8. The smallest absolute Gasteiger partial charge is 0.137 e. The van der Waals surface area contributed by atoms with Crippen LogP contribution in [0.3, 0.4) is 0 Å². The molecule has 0 aliphatic rings. The zero-order valence-electron chi connectivity index (χ0n) is 68.7. The number of rotatable bonds is 0. The topological polar surface area (TPSA) is 43.9 Å². The minimum atomic E-state index is 0.929. The lowest BCUT2D eigenvalue weighted by Crippen LogP contribution is -1.91. The lowest BCUT2D eigenvalue weighted by atomic mass is 9.99. The Bertz CT molecular complexity index is 9940. The van der Waals surface area contributed by atoms with Crippen molar-refractivity contribution in [3.8, 4) is 0 Å². The van der Waals surface area contributed by atoms with Crippen molar-refractivity contribution in [2.75, 3.05) is 0 Å². The van der Waals surface area contributed by atoms with E-state index < -0.39 is 0 Å². The molecule has 0 atom stereocenters. The predicted molar refractivity (Wildman–Crippen MR) is 550 cm³/mol. The molecule has 8 heteroatoms. The SMILES string of the molecule is c1ccc2cc3c(cc2c1)c1cc2c(cc1n1c4ccccc4cc31)oc1ccccc12.c1ccc2cc3c(cc2c1)c1cc2c(cc1n1c4ccccc4cc31)sc1ccccc12.c1ccc2cc3c(cc2c1)c1cc2oc4ccccc4c2cc1n1c2ccccc2cc31.c1ccc2cc3c(cc2c1)c1cc2sc4ccccc4c2cc1n1c2ccccc2cc31. The van der Waals surface area contributed by atoms with Crippen LogP contribution in [-0.4, -0.2) is 17.6 Å². The van der Waals surface area contributed by atoms with Crippen LogP contribution in [0, 0.1) is 0 Å². The Morgan fingerprint density at radius 2 is 0.367 bits per heavy atom. The van der Waals surface area contributed by atoms with Gasteiger partial charge in [-0.1, -0.05) is 243 Å². The maximum Gasteiger partial charge on any atom is 0.137 e. The molecule has 0 amide bonds. The third-order valence-corrected chi connectivity index (χ3v) is 29.9. The number of fused-ring (bicyclic) bond motifs is 48. The van der Waals surface area contributed by atoms with Gasteiger partial charge in [0.25, 0.3) is 0 Å². The Hall–Kier alpha value is -16.4. The second-order valence-corrected chi connectivity index (χ2v) is 36.7. The lowest BCUT2D eigenvalue weighted by Gasteiger charge is -2.12.